The summed E-state index contributed by atoms with van der Waals surface area (Å²) in [5.41, 5.74) is 1.78. The van der Waals surface area contributed by atoms with Crippen molar-refractivity contribution < 1.29 is 14.0 Å². The topological polar surface area (TPSA) is 46.2 Å². The van der Waals surface area contributed by atoms with Crippen molar-refractivity contribution in [1.82, 2.24) is 0 Å². The zero-order valence-electron chi connectivity index (χ0n) is 17.0. The second kappa shape index (κ2) is 9.85. The van der Waals surface area contributed by atoms with Crippen molar-refractivity contribution in [3.8, 4) is 0 Å². The fourth-order valence-electron chi connectivity index (χ4n) is 3.74. The molecule has 1 N–H and O–H groups in total. The van der Waals surface area contributed by atoms with Crippen LogP contribution in [0.2, 0.25) is 20.1 Å². The number of hydrogen-bond acceptors (Lipinski definition) is 2. The van der Waals surface area contributed by atoms with E-state index in [2.05, 4.69) is 5.32 Å². The molecule has 0 bridgehead atoms. The van der Waals surface area contributed by atoms with Gasteiger partial charge in [-0.25, -0.2) is 4.39 Å². The van der Waals surface area contributed by atoms with Crippen molar-refractivity contribution in [3.63, 3.8) is 0 Å². The van der Waals surface area contributed by atoms with Crippen LogP contribution in [0.15, 0.2) is 54.6 Å². The van der Waals surface area contributed by atoms with Gasteiger partial charge in [0.1, 0.15) is 10.2 Å². The summed E-state index contributed by atoms with van der Waals surface area (Å²) in [6.07, 6.45) is 0.0205. The predicted octanol–water partition coefficient (Wildman–Crippen LogP) is 8.39. The number of rotatable bonds is 6. The van der Waals surface area contributed by atoms with Gasteiger partial charge in [0, 0.05) is 23.6 Å². The first-order valence-corrected chi connectivity index (χ1v) is 12.2. The SMILES string of the molecule is O=C(Cc1ccc(F)cc1)c1cc(NC(=O)C2C(c3cc(Cl)c(Cl)c(Cl)c3)C2(Cl)Cl)ccc1Cl. The van der Waals surface area contributed by atoms with Crippen molar-refractivity contribution in [1.29, 1.82) is 0 Å². The molecule has 0 heterocycles. The molecule has 2 atom stereocenters. The molecule has 3 nitrogen and oxygen atoms in total. The molecule has 0 aromatic heterocycles. The van der Waals surface area contributed by atoms with Gasteiger partial charge in [-0.05, 0) is 53.6 Å². The summed E-state index contributed by atoms with van der Waals surface area (Å²) in [5, 5.41) is 3.60. The molecule has 34 heavy (non-hydrogen) atoms. The first-order valence-electron chi connectivity index (χ1n) is 9.89. The molecule has 1 aliphatic rings. The third-order valence-corrected chi connectivity index (χ3v) is 7.98. The largest absolute Gasteiger partial charge is 0.326 e. The number of amides is 1. The lowest BCUT2D eigenvalue weighted by molar-refractivity contribution is -0.117. The van der Waals surface area contributed by atoms with Crippen molar-refractivity contribution in [2.24, 2.45) is 5.92 Å². The molecule has 176 valence electrons. The number of ketones is 1. The molecule has 1 fully saturated rings. The highest BCUT2D eigenvalue weighted by molar-refractivity contribution is 6.54. The Bertz CT molecular complexity index is 1270. The highest BCUT2D eigenvalue weighted by Crippen LogP contribution is 2.65. The zero-order chi connectivity index (χ0) is 24.8. The number of carbonyl (C=O) groups is 2. The number of nitrogens with one attached hydrogen (secondary N) is 1. The van der Waals surface area contributed by atoms with Crippen LogP contribution in [0.1, 0.15) is 27.4 Å². The Hall–Kier alpha value is -1.53. The van der Waals surface area contributed by atoms with Gasteiger partial charge in [-0.2, -0.15) is 0 Å². The van der Waals surface area contributed by atoms with E-state index in [1.807, 2.05) is 0 Å². The molecule has 0 saturated heterocycles. The zero-order valence-corrected chi connectivity index (χ0v) is 21.6. The van der Waals surface area contributed by atoms with E-state index in [9.17, 15) is 14.0 Å². The number of Topliss-reactive ketones (excluding diaryl/α,β-unsaturated/α-hetero) is 1. The van der Waals surface area contributed by atoms with Gasteiger partial charge in [0.05, 0.1) is 26.0 Å². The molecule has 2 unspecified atom stereocenters. The molecular weight excluding hydrogens is 566 g/mol. The molecule has 0 radical (unpaired) electrons. The molecule has 1 saturated carbocycles. The Morgan fingerprint density at radius 3 is 2.12 bits per heavy atom. The van der Waals surface area contributed by atoms with Crippen LogP contribution in [-0.2, 0) is 11.2 Å². The van der Waals surface area contributed by atoms with E-state index in [1.54, 1.807) is 18.2 Å². The Morgan fingerprint density at radius 2 is 1.50 bits per heavy atom. The molecule has 4 rings (SSSR count). The summed E-state index contributed by atoms with van der Waals surface area (Å²) in [6, 6.07) is 13.3. The minimum Gasteiger partial charge on any atom is -0.326 e. The molecule has 0 spiro atoms. The minimum absolute atomic E-state index is 0.0205. The molecular formula is C24H14Cl6FNO2. The third-order valence-electron chi connectivity index (χ3n) is 5.51. The van der Waals surface area contributed by atoms with E-state index in [1.165, 1.54) is 36.4 Å². The number of anilines is 1. The van der Waals surface area contributed by atoms with Crippen LogP contribution in [-0.4, -0.2) is 16.0 Å². The van der Waals surface area contributed by atoms with E-state index >= 15 is 0 Å². The van der Waals surface area contributed by atoms with E-state index < -0.39 is 27.9 Å². The lowest BCUT2D eigenvalue weighted by atomic mass is 10.0. The second-order valence-electron chi connectivity index (χ2n) is 7.84. The molecule has 3 aromatic rings. The number of benzene rings is 3. The maximum atomic E-state index is 13.1. The summed E-state index contributed by atoms with van der Waals surface area (Å²) in [6.45, 7) is 0. The number of halogens is 7. The number of alkyl halides is 2. The van der Waals surface area contributed by atoms with Gasteiger partial charge in [0.2, 0.25) is 5.91 Å². The Kier molecular flexibility index (Phi) is 7.40. The molecule has 1 amide bonds. The smallest absolute Gasteiger partial charge is 0.231 e. The highest BCUT2D eigenvalue weighted by Gasteiger charge is 2.67. The first kappa shape index (κ1) is 25.6. The van der Waals surface area contributed by atoms with E-state index in [0.29, 0.717) is 16.8 Å². The summed E-state index contributed by atoms with van der Waals surface area (Å²) >= 11 is 37.2. The van der Waals surface area contributed by atoms with Crippen LogP contribution < -0.4 is 5.32 Å². The average molecular weight is 580 g/mol. The van der Waals surface area contributed by atoms with Crippen molar-refractivity contribution >= 4 is 87.0 Å². The maximum Gasteiger partial charge on any atom is 0.231 e. The van der Waals surface area contributed by atoms with Crippen LogP contribution in [0.3, 0.4) is 0 Å². The van der Waals surface area contributed by atoms with Gasteiger partial charge < -0.3 is 5.32 Å². The Morgan fingerprint density at radius 1 is 0.882 bits per heavy atom. The van der Waals surface area contributed by atoms with Gasteiger partial charge in [0.25, 0.3) is 0 Å². The second-order valence-corrected chi connectivity index (χ2v) is 10.9. The monoisotopic (exact) mass is 577 g/mol. The summed E-state index contributed by atoms with van der Waals surface area (Å²) < 4.78 is 11.7. The highest BCUT2D eigenvalue weighted by atomic mass is 35.5. The van der Waals surface area contributed by atoms with E-state index in [4.69, 9.17) is 69.6 Å². The van der Waals surface area contributed by atoms with Crippen molar-refractivity contribution in [3.05, 3.63) is 97.2 Å². The van der Waals surface area contributed by atoms with Crippen molar-refractivity contribution in [2.45, 2.75) is 16.7 Å². The van der Waals surface area contributed by atoms with Crippen LogP contribution in [0, 0.1) is 11.7 Å². The summed E-state index contributed by atoms with van der Waals surface area (Å²) in [7, 11) is 0. The van der Waals surface area contributed by atoms with E-state index in [0.717, 1.165) is 0 Å². The molecule has 3 aromatic carbocycles. The number of hydrogen-bond donors (Lipinski definition) is 1. The molecule has 1 aliphatic carbocycles. The van der Waals surface area contributed by atoms with Gasteiger partial charge >= 0.3 is 0 Å². The maximum absolute atomic E-state index is 13.1. The van der Waals surface area contributed by atoms with E-state index in [-0.39, 0.29) is 37.9 Å². The van der Waals surface area contributed by atoms with Crippen LogP contribution in [0.4, 0.5) is 10.1 Å². The number of carbonyl (C=O) groups excluding carboxylic acids is 2. The van der Waals surface area contributed by atoms with Gasteiger partial charge in [-0.1, -0.05) is 58.5 Å². The summed E-state index contributed by atoms with van der Waals surface area (Å²) in [4.78, 5) is 25.7. The normalized spacial score (nSPS) is 18.4. The van der Waals surface area contributed by atoms with Gasteiger partial charge in [-0.3, -0.25) is 9.59 Å². The Balaban J connectivity index is 1.51. The molecule has 10 heteroatoms. The van der Waals surface area contributed by atoms with Gasteiger partial charge in [0.15, 0.2) is 5.78 Å². The quantitative estimate of drug-likeness (QED) is 0.181. The first-order chi connectivity index (χ1) is 16.0. The minimum atomic E-state index is -1.38. The van der Waals surface area contributed by atoms with Crippen LogP contribution in [0.25, 0.3) is 0 Å². The van der Waals surface area contributed by atoms with Gasteiger partial charge in [-0.15, -0.1) is 23.2 Å². The summed E-state index contributed by atoms with van der Waals surface area (Å²) in [5.74, 6) is -2.48. The molecule has 0 aliphatic heterocycles. The Labute approximate surface area is 225 Å². The standard InChI is InChI=1S/C24H14Cl6FNO2/c25-16-6-5-14(10-15(16)19(33)7-11-1-3-13(31)4-2-11)32-23(34)21-20(24(21,29)30)12-8-17(26)22(28)18(27)9-12/h1-6,8-10,20-21H,7H2,(H,32,34). The third kappa shape index (κ3) is 5.18. The average Bonchev–Trinajstić information content (AvgIpc) is 3.36. The van der Waals surface area contributed by atoms with Crippen LogP contribution >= 0.6 is 69.6 Å². The lowest BCUT2D eigenvalue weighted by Crippen LogP contribution is -2.17. The lowest BCUT2D eigenvalue weighted by Gasteiger charge is -2.09. The van der Waals surface area contributed by atoms with Crippen molar-refractivity contribution in [2.75, 3.05) is 5.32 Å². The van der Waals surface area contributed by atoms with Crippen LogP contribution in [0.5, 0.6) is 0 Å². The fraction of sp³-hybridized carbons (Fsp3) is 0.167. The predicted molar refractivity (Wildman–Crippen MR) is 137 cm³/mol. The fourth-order valence-corrected chi connectivity index (χ4v) is 5.41.